The molecule has 1 saturated heterocycles. The molecule has 1 aromatic carbocycles. The van der Waals surface area contributed by atoms with Gasteiger partial charge >= 0.3 is 0 Å². The number of hydrogen-bond acceptors (Lipinski definition) is 2. The first-order valence-corrected chi connectivity index (χ1v) is 8.09. The summed E-state index contributed by atoms with van der Waals surface area (Å²) in [5.74, 6) is 0.327. The number of rotatable bonds is 7. The van der Waals surface area contributed by atoms with Crippen molar-refractivity contribution in [3.63, 3.8) is 0 Å². The molecule has 2 rings (SSSR count). The van der Waals surface area contributed by atoms with E-state index in [1.807, 2.05) is 7.05 Å². The van der Waals surface area contributed by atoms with Crippen LogP contribution in [0.3, 0.4) is 0 Å². The number of benzene rings is 1. The highest BCUT2D eigenvalue weighted by atomic mass is 16.2. The Bertz CT molecular complexity index is 446. The van der Waals surface area contributed by atoms with Crippen molar-refractivity contribution in [1.29, 1.82) is 0 Å². The molecule has 1 aromatic rings. The van der Waals surface area contributed by atoms with E-state index in [4.69, 9.17) is 0 Å². The van der Waals surface area contributed by atoms with Gasteiger partial charge in [0.1, 0.15) is 0 Å². The Balaban J connectivity index is 1.78. The number of carbonyl (C=O) groups is 1. The Morgan fingerprint density at radius 1 is 1.33 bits per heavy atom. The largest absolute Gasteiger partial charge is 0.342 e. The summed E-state index contributed by atoms with van der Waals surface area (Å²) in [6.07, 6.45) is 5.02. The number of carbonyl (C=O) groups excluding carboxylic acids is 1. The number of nitrogens with one attached hydrogen (secondary N) is 1. The molecular weight excluding hydrogens is 260 g/mol. The third kappa shape index (κ3) is 4.85. The molecular formula is C18H28N2O. The Morgan fingerprint density at radius 2 is 2.10 bits per heavy atom. The molecule has 1 atom stereocenters. The lowest BCUT2D eigenvalue weighted by Crippen LogP contribution is -2.31. The Labute approximate surface area is 128 Å². The minimum absolute atomic E-state index is 0.286. The fourth-order valence-corrected chi connectivity index (χ4v) is 3.11. The van der Waals surface area contributed by atoms with Crippen molar-refractivity contribution in [2.75, 3.05) is 26.7 Å². The Morgan fingerprint density at radius 3 is 2.81 bits per heavy atom. The summed E-state index contributed by atoms with van der Waals surface area (Å²) < 4.78 is 0. The van der Waals surface area contributed by atoms with Gasteiger partial charge in [-0.15, -0.1) is 0 Å². The molecule has 1 unspecified atom stereocenters. The van der Waals surface area contributed by atoms with Gasteiger partial charge in [-0.1, -0.05) is 37.3 Å². The van der Waals surface area contributed by atoms with E-state index >= 15 is 0 Å². The van der Waals surface area contributed by atoms with E-state index in [0.29, 0.717) is 12.3 Å². The van der Waals surface area contributed by atoms with Gasteiger partial charge in [-0.25, -0.2) is 0 Å². The van der Waals surface area contributed by atoms with Gasteiger partial charge in [0.15, 0.2) is 0 Å². The normalized spacial score (nSPS) is 21.7. The predicted octanol–water partition coefficient (Wildman–Crippen LogP) is 2.86. The molecule has 116 valence electrons. The number of hydrogen-bond donors (Lipinski definition) is 1. The van der Waals surface area contributed by atoms with Gasteiger partial charge in [-0.3, -0.25) is 4.79 Å². The molecule has 1 amide bonds. The highest BCUT2D eigenvalue weighted by Gasteiger charge is 2.35. The molecule has 0 saturated carbocycles. The van der Waals surface area contributed by atoms with E-state index in [1.54, 1.807) is 0 Å². The molecule has 0 radical (unpaired) electrons. The second kappa shape index (κ2) is 7.60. The van der Waals surface area contributed by atoms with Crippen LogP contribution in [0.5, 0.6) is 0 Å². The van der Waals surface area contributed by atoms with Crippen LogP contribution in [0.4, 0.5) is 0 Å². The summed E-state index contributed by atoms with van der Waals surface area (Å²) in [5.41, 5.74) is 1.69. The average Bonchev–Trinajstić information content (AvgIpc) is 2.90. The van der Waals surface area contributed by atoms with Gasteiger partial charge < -0.3 is 10.2 Å². The second-order valence-corrected chi connectivity index (χ2v) is 6.57. The highest BCUT2D eigenvalue weighted by Crippen LogP contribution is 2.34. The van der Waals surface area contributed by atoms with Crippen LogP contribution in [-0.2, 0) is 11.2 Å². The second-order valence-electron chi connectivity index (χ2n) is 6.57. The molecule has 1 aliphatic rings. The first-order chi connectivity index (χ1) is 10.1. The first-order valence-electron chi connectivity index (χ1n) is 8.09. The smallest absolute Gasteiger partial charge is 0.222 e. The van der Waals surface area contributed by atoms with Crippen molar-refractivity contribution >= 4 is 5.91 Å². The molecule has 21 heavy (non-hydrogen) atoms. The van der Waals surface area contributed by atoms with Crippen molar-refractivity contribution in [3.05, 3.63) is 35.9 Å². The quantitative estimate of drug-likeness (QED) is 0.783. The van der Waals surface area contributed by atoms with E-state index in [0.717, 1.165) is 45.3 Å². The SMILES string of the molecule is CNCCCC(=O)N1CCC(C)(CCc2ccccc2)C1. The molecule has 0 aromatic heterocycles. The van der Waals surface area contributed by atoms with Gasteiger partial charge in [-0.05, 0) is 50.3 Å². The van der Waals surface area contributed by atoms with Crippen LogP contribution in [-0.4, -0.2) is 37.5 Å². The minimum Gasteiger partial charge on any atom is -0.342 e. The maximum atomic E-state index is 12.2. The van der Waals surface area contributed by atoms with Gasteiger partial charge in [-0.2, -0.15) is 0 Å². The zero-order valence-electron chi connectivity index (χ0n) is 13.4. The Hall–Kier alpha value is -1.35. The number of amides is 1. The minimum atomic E-state index is 0.286. The molecule has 0 aliphatic carbocycles. The lowest BCUT2D eigenvalue weighted by molar-refractivity contribution is -0.130. The zero-order valence-corrected chi connectivity index (χ0v) is 13.4. The maximum absolute atomic E-state index is 12.2. The molecule has 3 heteroatoms. The molecule has 0 bridgehead atoms. The van der Waals surface area contributed by atoms with Crippen molar-refractivity contribution in [2.45, 2.75) is 39.0 Å². The van der Waals surface area contributed by atoms with Crippen molar-refractivity contribution < 1.29 is 4.79 Å². The van der Waals surface area contributed by atoms with E-state index in [-0.39, 0.29) is 5.41 Å². The van der Waals surface area contributed by atoms with E-state index < -0.39 is 0 Å². The van der Waals surface area contributed by atoms with Crippen LogP contribution < -0.4 is 5.32 Å². The summed E-state index contributed by atoms with van der Waals surface area (Å²) in [6.45, 7) is 5.11. The summed E-state index contributed by atoms with van der Waals surface area (Å²) in [4.78, 5) is 14.3. The monoisotopic (exact) mass is 288 g/mol. The molecule has 1 aliphatic heterocycles. The molecule has 0 spiro atoms. The average molecular weight is 288 g/mol. The summed E-state index contributed by atoms with van der Waals surface area (Å²) in [6, 6.07) is 10.7. The third-order valence-electron chi connectivity index (χ3n) is 4.59. The summed E-state index contributed by atoms with van der Waals surface area (Å²) in [7, 11) is 1.93. The van der Waals surface area contributed by atoms with Crippen LogP contribution in [0.15, 0.2) is 30.3 Å². The lowest BCUT2D eigenvalue weighted by Gasteiger charge is -2.24. The maximum Gasteiger partial charge on any atom is 0.222 e. The molecule has 1 N–H and O–H groups in total. The summed E-state index contributed by atoms with van der Waals surface area (Å²) >= 11 is 0. The van der Waals surface area contributed by atoms with E-state index in [1.165, 1.54) is 5.56 Å². The number of aryl methyl sites for hydroxylation is 1. The topological polar surface area (TPSA) is 32.3 Å². The first kappa shape index (κ1) is 16.0. The van der Waals surface area contributed by atoms with Crippen molar-refractivity contribution in [2.24, 2.45) is 5.41 Å². The zero-order chi connectivity index (χ0) is 15.1. The number of nitrogens with zero attached hydrogens (tertiary/aromatic N) is 1. The Kier molecular flexibility index (Phi) is 5.80. The predicted molar refractivity (Wildman–Crippen MR) is 87.2 cm³/mol. The van der Waals surface area contributed by atoms with Crippen molar-refractivity contribution in [1.82, 2.24) is 10.2 Å². The van der Waals surface area contributed by atoms with E-state index in [2.05, 4.69) is 47.5 Å². The number of likely N-dealkylation sites (tertiary alicyclic amines) is 1. The molecule has 1 fully saturated rings. The van der Waals surface area contributed by atoms with Crippen LogP contribution in [0, 0.1) is 5.41 Å². The van der Waals surface area contributed by atoms with Gasteiger partial charge in [0.2, 0.25) is 5.91 Å². The molecule has 1 heterocycles. The fraction of sp³-hybridized carbons (Fsp3) is 0.611. The van der Waals surface area contributed by atoms with Crippen LogP contribution in [0.1, 0.15) is 38.2 Å². The summed E-state index contributed by atoms with van der Waals surface area (Å²) in [5, 5.41) is 3.10. The van der Waals surface area contributed by atoms with E-state index in [9.17, 15) is 4.79 Å². The highest BCUT2D eigenvalue weighted by molar-refractivity contribution is 5.76. The van der Waals surface area contributed by atoms with Gasteiger partial charge in [0.05, 0.1) is 0 Å². The van der Waals surface area contributed by atoms with Gasteiger partial charge in [0.25, 0.3) is 0 Å². The molecule has 3 nitrogen and oxygen atoms in total. The van der Waals surface area contributed by atoms with Crippen molar-refractivity contribution in [3.8, 4) is 0 Å². The van der Waals surface area contributed by atoms with Crippen LogP contribution in [0.25, 0.3) is 0 Å². The van der Waals surface area contributed by atoms with Crippen LogP contribution >= 0.6 is 0 Å². The standard InChI is InChI=1S/C18H28N2O/c1-18(11-10-16-7-4-3-5-8-16)12-14-20(15-18)17(21)9-6-13-19-2/h3-5,7-8,19H,6,9-15H2,1-2H3. The third-order valence-corrected chi connectivity index (χ3v) is 4.59. The van der Waals surface area contributed by atoms with Crippen LogP contribution in [0.2, 0.25) is 0 Å². The van der Waals surface area contributed by atoms with Gasteiger partial charge in [0, 0.05) is 19.5 Å². The fourth-order valence-electron chi connectivity index (χ4n) is 3.11. The lowest BCUT2D eigenvalue weighted by atomic mass is 9.83.